The van der Waals surface area contributed by atoms with Crippen LogP contribution in [0.25, 0.3) is 11.3 Å². The zero-order valence-corrected chi connectivity index (χ0v) is 10.4. The molecule has 0 N–H and O–H groups in total. The van der Waals surface area contributed by atoms with Crippen LogP contribution < -0.4 is 0 Å². The summed E-state index contributed by atoms with van der Waals surface area (Å²) in [7, 11) is 0. The normalized spacial score (nSPS) is 10.3. The molecular formula is C13H12BrN. The highest BCUT2D eigenvalue weighted by Crippen LogP contribution is 2.24. The molecule has 0 spiro atoms. The Morgan fingerprint density at radius 3 is 2.53 bits per heavy atom. The van der Waals surface area contributed by atoms with Gasteiger partial charge in [-0.15, -0.1) is 0 Å². The first-order valence-electron chi connectivity index (χ1n) is 4.86. The van der Waals surface area contributed by atoms with Gasteiger partial charge in [-0.25, -0.2) is 0 Å². The second-order valence-electron chi connectivity index (χ2n) is 3.61. The van der Waals surface area contributed by atoms with Crippen molar-refractivity contribution in [2.75, 3.05) is 0 Å². The Hall–Kier alpha value is -1.15. The maximum absolute atomic E-state index is 4.40. The average molecular weight is 262 g/mol. The number of pyridine rings is 1. The van der Waals surface area contributed by atoms with Gasteiger partial charge in [-0.2, -0.15) is 0 Å². The van der Waals surface area contributed by atoms with E-state index >= 15 is 0 Å². The molecule has 0 saturated carbocycles. The molecule has 0 amide bonds. The van der Waals surface area contributed by atoms with Gasteiger partial charge in [-0.05, 0) is 53.0 Å². The lowest BCUT2D eigenvalue weighted by molar-refractivity contribution is 1.27. The molecule has 0 unspecified atom stereocenters. The van der Waals surface area contributed by atoms with Crippen LogP contribution in [0, 0.1) is 13.8 Å². The number of halogens is 1. The van der Waals surface area contributed by atoms with Crippen LogP contribution in [0.4, 0.5) is 0 Å². The molecule has 15 heavy (non-hydrogen) atoms. The van der Waals surface area contributed by atoms with Crippen LogP contribution in [0.5, 0.6) is 0 Å². The predicted molar refractivity (Wildman–Crippen MR) is 66.8 cm³/mol. The van der Waals surface area contributed by atoms with Crippen LogP contribution >= 0.6 is 15.9 Å². The Kier molecular flexibility index (Phi) is 2.87. The van der Waals surface area contributed by atoms with Gasteiger partial charge >= 0.3 is 0 Å². The van der Waals surface area contributed by atoms with Gasteiger partial charge in [-0.3, -0.25) is 4.98 Å². The quantitative estimate of drug-likeness (QED) is 0.753. The number of hydrogen-bond donors (Lipinski definition) is 0. The molecule has 1 aromatic carbocycles. The standard InChI is InChI=1S/C13H12BrN/c1-9-4-3-5-12(10(9)2)13-7-6-11(14)8-15-13/h3-8H,1-2H3. The number of nitrogens with zero attached hydrogens (tertiary/aromatic N) is 1. The van der Waals surface area contributed by atoms with Crippen molar-refractivity contribution in [1.29, 1.82) is 0 Å². The zero-order valence-electron chi connectivity index (χ0n) is 8.79. The molecule has 0 aliphatic heterocycles. The van der Waals surface area contributed by atoms with Gasteiger partial charge in [0.15, 0.2) is 0 Å². The van der Waals surface area contributed by atoms with Crippen molar-refractivity contribution in [2.45, 2.75) is 13.8 Å². The van der Waals surface area contributed by atoms with Crippen molar-refractivity contribution in [3.63, 3.8) is 0 Å². The molecule has 0 aliphatic carbocycles. The van der Waals surface area contributed by atoms with Crippen LogP contribution in [0.2, 0.25) is 0 Å². The molecule has 76 valence electrons. The number of aryl methyl sites for hydroxylation is 1. The van der Waals surface area contributed by atoms with Gasteiger partial charge in [0.1, 0.15) is 0 Å². The summed E-state index contributed by atoms with van der Waals surface area (Å²) in [6.45, 7) is 4.26. The van der Waals surface area contributed by atoms with Gasteiger partial charge in [0.05, 0.1) is 5.69 Å². The van der Waals surface area contributed by atoms with E-state index in [1.807, 2.05) is 18.3 Å². The maximum atomic E-state index is 4.40. The van der Waals surface area contributed by atoms with Crippen molar-refractivity contribution in [3.05, 3.63) is 52.1 Å². The minimum absolute atomic E-state index is 1.01. The molecule has 0 saturated heterocycles. The summed E-state index contributed by atoms with van der Waals surface area (Å²) >= 11 is 3.39. The fraction of sp³-hybridized carbons (Fsp3) is 0.154. The molecule has 0 aliphatic rings. The molecule has 2 rings (SSSR count). The van der Waals surface area contributed by atoms with Crippen LogP contribution in [-0.2, 0) is 0 Å². The predicted octanol–water partition coefficient (Wildman–Crippen LogP) is 4.13. The third kappa shape index (κ3) is 2.10. The summed E-state index contributed by atoms with van der Waals surface area (Å²) in [6, 6.07) is 10.4. The molecule has 0 fully saturated rings. The van der Waals surface area contributed by atoms with Crippen molar-refractivity contribution in [1.82, 2.24) is 4.98 Å². The van der Waals surface area contributed by atoms with Crippen LogP contribution in [0.15, 0.2) is 41.0 Å². The highest BCUT2D eigenvalue weighted by atomic mass is 79.9. The lowest BCUT2D eigenvalue weighted by atomic mass is 10.0. The molecule has 1 nitrogen and oxygen atoms in total. The van der Waals surface area contributed by atoms with E-state index in [0.29, 0.717) is 0 Å². The fourth-order valence-electron chi connectivity index (χ4n) is 1.56. The lowest BCUT2D eigenvalue weighted by Gasteiger charge is -2.07. The average Bonchev–Trinajstić information content (AvgIpc) is 2.24. The largest absolute Gasteiger partial charge is 0.255 e. The molecule has 1 aromatic heterocycles. The lowest BCUT2D eigenvalue weighted by Crippen LogP contribution is -1.89. The highest BCUT2D eigenvalue weighted by molar-refractivity contribution is 9.10. The zero-order chi connectivity index (χ0) is 10.8. The van der Waals surface area contributed by atoms with Crippen molar-refractivity contribution in [2.24, 2.45) is 0 Å². The molecule has 0 bridgehead atoms. The van der Waals surface area contributed by atoms with Gasteiger partial charge < -0.3 is 0 Å². The van der Waals surface area contributed by atoms with Crippen LogP contribution in [0.1, 0.15) is 11.1 Å². The monoisotopic (exact) mass is 261 g/mol. The Labute approximate surface area is 98.3 Å². The first kappa shape index (κ1) is 10.4. The molecular weight excluding hydrogens is 250 g/mol. The fourth-order valence-corrected chi connectivity index (χ4v) is 1.80. The molecule has 2 aromatic rings. The van der Waals surface area contributed by atoms with Crippen LogP contribution in [0.3, 0.4) is 0 Å². The molecule has 2 heteroatoms. The summed E-state index contributed by atoms with van der Waals surface area (Å²) in [5.74, 6) is 0. The summed E-state index contributed by atoms with van der Waals surface area (Å²) < 4.78 is 1.01. The summed E-state index contributed by atoms with van der Waals surface area (Å²) in [5.41, 5.74) is 4.84. The smallest absolute Gasteiger partial charge is 0.0705 e. The molecule has 0 atom stereocenters. The third-order valence-electron chi connectivity index (χ3n) is 2.61. The summed E-state index contributed by atoms with van der Waals surface area (Å²) in [5, 5.41) is 0. The number of benzene rings is 1. The molecule has 1 heterocycles. The summed E-state index contributed by atoms with van der Waals surface area (Å²) in [6.07, 6.45) is 1.83. The number of rotatable bonds is 1. The van der Waals surface area contributed by atoms with E-state index in [1.54, 1.807) is 0 Å². The van der Waals surface area contributed by atoms with Crippen molar-refractivity contribution < 1.29 is 0 Å². The Morgan fingerprint density at radius 2 is 1.87 bits per heavy atom. The van der Waals surface area contributed by atoms with E-state index in [2.05, 4.69) is 53.0 Å². The minimum atomic E-state index is 1.01. The van der Waals surface area contributed by atoms with E-state index in [9.17, 15) is 0 Å². The Balaban J connectivity index is 2.54. The van der Waals surface area contributed by atoms with Gasteiger partial charge in [0.2, 0.25) is 0 Å². The van der Waals surface area contributed by atoms with Crippen LogP contribution in [-0.4, -0.2) is 4.98 Å². The first-order chi connectivity index (χ1) is 7.18. The topological polar surface area (TPSA) is 12.9 Å². The third-order valence-corrected chi connectivity index (χ3v) is 3.08. The second kappa shape index (κ2) is 4.15. The molecule has 0 radical (unpaired) electrons. The number of aromatic nitrogens is 1. The number of hydrogen-bond acceptors (Lipinski definition) is 1. The maximum Gasteiger partial charge on any atom is 0.0705 e. The van der Waals surface area contributed by atoms with Gasteiger partial charge in [0, 0.05) is 16.2 Å². The van der Waals surface area contributed by atoms with Crippen molar-refractivity contribution in [3.8, 4) is 11.3 Å². The highest BCUT2D eigenvalue weighted by Gasteiger charge is 2.04. The van der Waals surface area contributed by atoms with Gasteiger partial charge in [-0.1, -0.05) is 18.2 Å². The second-order valence-corrected chi connectivity index (χ2v) is 4.52. The Morgan fingerprint density at radius 1 is 1.07 bits per heavy atom. The SMILES string of the molecule is Cc1cccc(-c2ccc(Br)cn2)c1C. The first-order valence-corrected chi connectivity index (χ1v) is 5.66. The minimum Gasteiger partial charge on any atom is -0.255 e. The van der Waals surface area contributed by atoms with E-state index < -0.39 is 0 Å². The van der Waals surface area contributed by atoms with E-state index in [0.717, 1.165) is 10.2 Å². The van der Waals surface area contributed by atoms with E-state index in [-0.39, 0.29) is 0 Å². The van der Waals surface area contributed by atoms with Crippen molar-refractivity contribution >= 4 is 15.9 Å². The van der Waals surface area contributed by atoms with Gasteiger partial charge in [0.25, 0.3) is 0 Å². The summed E-state index contributed by atoms with van der Waals surface area (Å²) in [4.78, 5) is 4.40. The van der Waals surface area contributed by atoms with E-state index in [4.69, 9.17) is 0 Å². The van der Waals surface area contributed by atoms with E-state index in [1.165, 1.54) is 16.7 Å². The Bertz CT molecular complexity index is 474.